The maximum atomic E-state index is 12.1. The number of benzene rings is 1. The van der Waals surface area contributed by atoms with Crippen LogP contribution in [0.2, 0.25) is 0 Å². The number of hydrogen-bond acceptors (Lipinski definition) is 3. The van der Waals surface area contributed by atoms with Gasteiger partial charge in [-0.2, -0.15) is 0 Å². The fourth-order valence-electron chi connectivity index (χ4n) is 2.93. The molecule has 0 saturated carbocycles. The standard InChI is InChI=1S/C13H14N4OS/c1-12(2)8-17-11(18)10(15-16-14)13(17,19-12)9-6-4-3-5-7-9/h3-7,10H,8H2,1-2H3. The van der Waals surface area contributed by atoms with Gasteiger partial charge in [-0.3, -0.25) is 4.79 Å². The van der Waals surface area contributed by atoms with E-state index in [-0.39, 0.29) is 10.7 Å². The Morgan fingerprint density at radius 1 is 1.42 bits per heavy atom. The third-order valence-corrected chi connectivity index (χ3v) is 5.27. The highest BCUT2D eigenvalue weighted by Gasteiger charge is 2.67. The van der Waals surface area contributed by atoms with Crippen LogP contribution in [0.1, 0.15) is 19.4 Å². The van der Waals surface area contributed by atoms with E-state index in [4.69, 9.17) is 5.53 Å². The van der Waals surface area contributed by atoms with Crippen molar-refractivity contribution >= 4 is 17.7 Å². The van der Waals surface area contributed by atoms with Gasteiger partial charge in [0.1, 0.15) is 4.87 Å². The van der Waals surface area contributed by atoms with Crippen molar-refractivity contribution in [2.24, 2.45) is 5.11 Å². The second kappa shape index (κ2) is 3.92. The Morgan fingerprint density at radius 2 is 2.11 bits per heavy atom. The smallest absolute Gasteiger partial charge is 0.236 e. The molecule has 0 N–H and O–H groups in total. The molecule has 2 heterocycles. The van der Waals surface area contributed by atoms with Gasteiger partial charge in [0.15, 0.2) is 6.04 Å². The highest BCUT2D eigenvalue weighted by atomic mass is 32.2. The molecule has 19 heavy (non-hydrogen) atoms. The topological polar surface area (TPSA) is 69.1 Å². The molecule has 1 aromatic rings. The highest BCUT2D eigenvalue weighted by Crippen LogP contribution is 2.61. The minimum atomic E-state index is -0.633. The third-order valence-electron chi connectivity index (χ3n) is 3.60. The summed E-state index contributed by atoms with van der Waals surface area (Å²) in [7, 11) is 0. The summed E-state index contributed by atoms with van der Waals surface area (Å²) >= 11 is 1.71. The lowest BCUT2D eigenvalue weighted by molar-refractivity contribution is -0.151. The van der Waals surface area contributed by atoms with E-state index in [2.05, 4.69) is 23.9 Å². The van der Waals surface area contributed by atoms with Crippen molar-refractivity contribution < 1.29 is 4.79 Å². The lowest BCUT2D eigenvalue weighted by atomic mass is 9.87. The molecule has 2 aliphatic heterocycles. The first kappa shape index (κ1) is 12.4. The zero-order valence-electron chi connectivity index (χ0n) is 10.8. The van der Waals surface area contributed by atoms with Crippen molar-refractivity contribution in [2.45, 2.75) is 29.5 Å². The molecule has 0 bridgehead atoms. The number of amides is 1. The van der Waals surface area contributed by atoms with Crippen molar-refractivity contribution in [1.82, 2.24) is 4.90 Å². The van der Waals surface area contributed by atoms with E-state index in [9.17, 15) is 4.79 Å². The molecule has 1 aromatic carbocycles. The molecule has 0 aromatic heterocycles. The number of hydrogen-bond donors (Lipinski definition) is 0. The highest BCUT2D eigenvalue weighted by molar-refractivity contribution is 8.02. The first-order valence-electron chi connectivity index (χ1n) is 6.13. The number of thioether (sulfide) groups is 1. The number of rotatable bonds is 2. The average molecular weight is 274 g/mol. The minimum absolute atomic E-state index is 0.0365. The molecule has 2 aliphatic rings. The Balaban J connectivity index is 2.13. The van der Waals surface area contributed by atoms with Crippen LogP contribution in [0.25, 0.3) is 10.4 Å². The molecule has 0 aliphatic carbocycles. The van der Waals surface area contributed by atoms with Crippen molar-refractivity contribution in [1.29, 1.82) is 0 Å². The Bertz CT molecular complexity index is 582. The Morgan fingerprint density at radius 3 is 2.74 bits per heavy atom. The summed E-state index contributed by atoms with van der Waals surface area (Å²) < 4.78 is -0.0365. The van der Waals surface area contributed by atoms with Gasteiger partial charge in [0.2, 0.25) is 5.91 Å². The van der Waals surface area contributed by atoms with E-state index in [0.29, 0.717) is 6.54 Å². The van der Waals surface area contributed by atoms with Crippen molar-refractivity contribution in [3.8, 4) is 0 Å². The molecule has 5 nitrogen and oxygen atoms in total. The summed E-state index contributed by atoms with van der Waals surface area (Å²) in [6.45, 7) is 4.91. The van der Waals surface area contributed by atoms with Crippen LogP contribution in [0, 0.1) is 0 Å². The minimum Gasteiger partial charge on any atom is -0.321 e. The molecule has 6 heteroatoms. The van der Waals surface area contributed by atoms with Crippen LogP contribution in [0.15, 0.2) is 35.4 Å². The Hall–Kier alpha value is -1.65. The molecule has 0 spiro atoms. The largest absolute Gasteiger partial charge is 0.321 e. The summed E-state index contributed by atoms with van der Waals surface area (Å²) in [6.07, 6.45) is 0. The predicted octanol–water partition coefficient (Wildman–Crippen LogP) is 2.89. The van der Waals surface area contributed by atoms with E-state index in [1.165, 1.54) is 0 Å². The zero-order chi connectivity index (χ0) is 13.7. The van der Waals surface area contributed by atoms with Gasteiger partial charge in [0.25, 0.3) is 0 Å². The molecule has 98 valence electrons. The number of nitrogens with zero attached hydrogens (tertiary/aromatic N) is 4. The second-order valence-corrected chi connectivity index (χ2v) is 7.39. The van der Waals surface area contributed by atoms with E-state index < -0.39 is 10.9 Å². The van der Waals surface area contributed by atoms with Crippen LogP contribution in [0.4, 0.5) is 0 Å². The number of β-lactam (4-membered cyclic amide) rings is 1. The predicted molar refractivity (Wildman–Crippen MR) is 74.4 cm³/mol. The van der Waals surface area contributed by atoms with Gasteiger partial charge in [0.05, 0.1) is 0 Å². The van der Waals surface area contributed by atoms with E-state index in [0.717, 1.165) is 5.56 Å². The molecular weight excluding hydrogens is 260 g/mol. The van der Waals surface area contributed by atoms with Crippen LogP contribution in [0.5, 0.6) is 0 Å². The monoisotopic (exact) mass is 274 g/mol. The molecule has 0 radical (unpaired) electrons. The number of carbonyl (C=O) groups excluding carboxylic acids is 1. The number of carbonyl (C=O) groups is 1. The van der Waals surface area contributed by atoms with Crippen LogP contribution < -0.4 is 0 Å². The van der Waals surface area contributed by atoms with Crippen LogP contribution >= 0.6 is 11.8 Å². The summed E-state index contributed by atoms with van der Waals surface area (Å²) in [5, 5.41) is 3.74. The fraction of sp³-hybridized carbons (Fsp3) is 0.462. The molecule has 2 saturated heterocycles. The Kier molecular flexibility index (Phi) is 2.56. The van der Waals surface area contributed by atoms with Gasteiger partial charge in [0, 0.05) is 16.2 Å². The van der Waals surface area contributed by atoms with Crippen LogP contribution in [-0.4, -0.2) is 28.1 Å². The summed E-state index contributed by atoms with van der Waals surface area (Å²) in [6, 6.07) is 9.19. The first-order valence-corrected chi connectivity index (χ1v) is 6.94. The summed E-state index contributed by atoms with van der Waals surface area (Å²) in [4.78, 5) is 16.3. The average Bonchev–Trinajstić information content (AvgIpc) is 2.66. The molecule has 2 fully saturated rings. The Labute approximate surface area is 115 Å². The van der Waals surface area contributed by atoms with Gasteiger partial charge in [-0.25, -0.2) is 0 Å². The normalized spacial score (nSPS) is 31.4. The van der Waals surface area contributed by atoms with Gasteiger partial charge >= 0.3 is 0 Å². The summed E-state index contributed by atoms with van der Waals surface area (Å²) in [5.74, 6) is -0.0697. The lowest BCUT2D eigenvalue weighted by Gasteiger charge is -2.51. The fourth-order valence-corrected chi connectivity index (χ4v) is 4.74. The van der Waals surface area contributed by atoms with Crippen LogP contribution in [0.3, 0.4) is 0 Å². The van der Waals surface area contributed by atoms with Crippen molar-refractivity contribution in [3.63, 3.8) is 0 Å². The second-order valence-electron chi connectivity index (χ2n) is 5.46. The molecule has 2 atom stereocenters. The maximum absolute atomic E-state index is 12.1. The molecule has 3 rings (SSSR count). The SMILES string of the molecule is CC1(C)CN2C(=O)C(N=[N+]=[N-])C2(c2ccccc2)S1. The van der Waals surface area contributed by atoms with E-state index in [1.807, 2.05) is 35.2 Å². The summed E-state index contributed by atoms with van der Waals surface area (Å²) in [5.41, 5.74) is 9.74. The van der Waals surface area contributed by atoms with E-state index >= 15 is 0 Å². The molecule has 1 amide bonds. The van der Waals surface area contributed by atoms with Crippen molar-refractivity contribution in [3.05, 3.63) is 46.3 Å². The van der Waals surface area contributed by atoms with Gasteiger partial charge in [-0.1, -0.05) is 35.4 Å². The van der Waals surface area contributed by atoms with Crippen molar-refractivity contribution in [2.75, 3.05) is 6.54 Å². The quantitative estimate of drug-likeness (QED) is 0.360. The zero-order valence-corrected chi connectivity index (χ0v) is 11.6. The maximum Gasteiger partial charge on any atom is 0.236 e. The molecular formula is C13H14N4OS. The lowest BCUT2D eigenvalue weighted by Crippen LogP contribution is -2.66. The number of fused-ring (bicyclic) bond motifs is 1. The molecule has 2 unspecified atom stereocenters. The van der Waals surface area contributed by atoms with Gasteiger partial charge in [-0.15, -0.1) is 11.8 Å². The van der Waals surface area contributed by atoms with Crippen LogP contribution in [-0.2, 0) is 9.67 Å². The first-order chi connectivity index (χ1) is 9.01. The van der Waals surface area contributed by atoms with Gasteiger partial charge < -0.3 is 4.90 Å². The van der Waals surface area contributed by atoms with E-state index in [1.54, 1.807) is 11.8 Å². The number of azide groups is 1. The third kappa shape index (κ3) is 1.57. The van der Waals surface area contributed by atoms with Gasteiger partial charge in [-0.05, 0) is 24.9 Å².